The van der Waals surface area contributed by atoms with Crippen LogP contribution in [0.2, 0.25) is 5.02 Å². The molecule has 4 rings (SSSR count). The van der Waals surface area contributed by atoms with Crippen LogP contribution in [0.5, 0.6) is 0 Å². The Morgan fingerprint density at radius 3 is 2.50 bits per heavy atom. The molecule has 0 radical (unpaired) electrons. The largest absolute Gasteiger partial charge is 0.356 e. The van der Waals surface area contributed by atoms with E-state index in [-0.39, 0.29) is 6.17 Å². The van der Waals surface area contributed by atoms with Crippen LogP contribution in [0.3, 0.4) is 0 Å². The molecule has 122 valence electrons. The minimum absolute atomic E-state index is 0.0573. The molecule has 24 heavy (non-hydrogen) atoms. The number of halogens is 1. The molecule has 2 N–H and O–H groups in total. The third-order valence-electron chi connectivity index (χ3n) is 5.06. The highest BCUT2D eigenvalue weighted by atomic mass is 35.5. The second-order valence-electron chi connectivity index (χ2n) is 6.59. The molecule has 3 heteroatoms. The molecule has 0 aromatic heterocycles. The molecule has 0 aliphatic carbocycles. The number of hydrogen-bond acceptors (Lipinski definition) is 2. The Morgan fingerprint density at radius 2 is 1.71 bits per heavy atom. The molecular weight excluding hydrogens is 316 g/mol. The average Bonchev–Trinajstić information content (AvgIpc) is 2.97. The number of nitrogens with two attached hydrogens (primary N) is 1. The fourth-order valence-electron chi connectivity index (χ4n) is 3.68. The highest BCUT2D eigenvalue weighted by Crippen LogP contribution is 2.31. The van der Waals surface area contributed by atoms with E-state index < -0.39 is 0 Å². The Balaban J connectivity index is 1.53. The van der Waals surface area contributed by atoms with Crippen LogP contribution in [0.15, 0.2) is 66.7 Å². The van der Waals surface area contributed by atoms with Crippen molar-refractivity contribution >= 4 is 28.1 Å². The van der Waals surface area contributed by atoms with Crippen LogP contribution in [-0.4, -0.2) is 12.7 Å². The normalized spacial score (nSPS) is 20.7. The van der Waals surface area contributed by atoms with E-state index in [1.54, 1.807) is 0 Å². The minimum Gasteiger partial charge on any atom is -0.356 e. The Kier molecular flexibility index (Phi) is 4.17. The standard InChI is InChI=1S/C21H21ClN2/c22-19-8-5-15(6-9-19)13-18-11-12-24(21(18)23)20-10-7-16-3-1-2-4-17(16)14-20/h1-10,14,18,21H,11-13,23H2. The molecule has 2 nitrogen and oxygen atoms in total. The number of anilines is 1. The number of fused-ring (bicyclic) bond motifs is 1. The minimum atomic E-state index is 0.0573. The summed E-state index contributed by atoms with van der Waals surface area (Å²) in [6.45, 7) is 1.01. The fourth-order valence-corrected chi connectivity index (χ4v) is 3.81. The van der Waals surface area contributed by atoms with Gasteiger partial charge in [0, 0.05) is 17.3 Å². The summed E-state index contributed by atoms with van der Waals surface area (Å²) in [6.07, 6.45) is 2.18. The first-order chi connectivity index (χ1) is 11.7. The van der Waals surface area contributed by atoms with Crippen LogP contribution in [0.25, 0.3) is 10.8 Å². The number of nitrogens with zero attached hydrogens (tertiary/aromatic N) is 1. The van der Waals surface area contributed by atoms with E-state index in [0.717, 1.165) is 24.4 Å². The van der Waals surface area contributed by atoms with Gasteiger partial charge in [-0.15, -0.1) is 0 Å². The molecule has 2 unspecified atom stereocenters. The predicted octanol–water partition coefficient (Wildman–Crippen LogP) is 4.85. The summed E-state index contributed by atoms with van der Waals surface area (Å²) in [6, 6.07) is 23.2. The molecule has 1 aliphatic heterocycles. The number of rotatable bonds is 3. The van der Waals surface area contributed by atoms with Crippen molar-refractivity contribution in [2.24, 2.45) is 11.7 Å². The highest BCUT2D eigenvalue weighted by Gasteiger charge is 2.31. The second-order valence-corrected chi connectivity index (χ2v) is 7.03. The molecular formula is C21H21ClN2. The molecule has 2 atom stereocenters. The summed E-state index contributed by atoms with van der Waals surface area (Å²) in [4.78, 5) is 2.34. The Hall–Kier alpha value is -2.03. The SMILES string of the molecule is NC1C(Cc2ccc(Cl)cc2)CCN1c1ccc2ccccc2c1. The lowest BCUT2D eigenvalue weighted by atomic mass is 9.96. The highest BCUT2D eigenvalue weighted by molar-refractivity contribution is 6.30. The van der Waals surface area contributed by atoms with Crippen molar-refractivity contribution in [1.82, 2.24) is 0 Å². The van der Waals surface area contributed by atoms with Gasteiger partial charge in [0.15, 0.2) is 0 Å². The first kappa shape index (κ1) is 15.5. The van der Waals surface area contributed by atoms with E-state index in [9.17, 15) is 0 Å². The van der Waals surface area contributed by atoms with E-state index >= 15 is 0 Å². The summed E-state index contributed by atoms with van der Waals surface area (Å²) in [7, 11) is 0. The van der Waals surface area contributed by atoms with Gasteiger partial charge in [-0.3, -0.25) is 0 Å². The quantitative estimate of drug-likeness (QED) is 0.741. The Bertz CT molecular complexity index is 844. The maximum Gasteiger partial charge on any atom is 0.0803 e. The topological polar surface area (TPSA) is 29.3 Å². The van der Waals surface area contributed by atoms with Gasteiger partial charge in [-0.1, -0.05) is 54.1 Å². The molecule has 0 amide bonds. The molecule has 0 bridgehead atoms. The van der Waals surface area contributed by atoms with Crippen LogP contribution in [0.4, 0.5) is 5.69 Å². The van der Waals surface area contributed by atoms with E-state index in [2.05, 4.69) is 59.5 Å². The number of hydrogen-bond donors (Lipinski definition) is 1. The van der Waals surface area contributed by atoms with E-state index in [1.807, 2.05) is 12.1 Å². The third-order valence-corrected chi connectivity index (χ3v) is 5.31. The summed E-state index contributed by atoms with van der Waals surface area (Å²) in [5.74, 6) is 0.470. The van der Waals surface area contributed by atoms with Crippen molar-refractivity contribution in [3.63, 3.8) is 0 Å². The van der Waals surface area contributed by atoms with Crippen LogP contribution in [0.1, 0.15) is 12.0 Å². The first-order valence-electron chi connectivity index (χ1n) is 8.46. The van der Waals surface area contributed by atoms with Crippen molar-refractivity contribution in [1.29, 1.82) is 0 Å². The van der Waals surface area contributed by atoms with Gasteiger partial charge in [0.2, 0.25) is 0 Å². The van der Waals surface area contributed by atoms with Crippen molar-refractivity contribution in [2.45, 2.75) is 19.0 Å². The zero-order chi connectivity index (χ0) is 16.5. The molecule has 0 spiro atoms. The Morgan fingerprint density at radius 1 is 0.958 bits per heavy atom. The second kappa shape index (κ2) is 6.46. The summed E-state index contributed by atoms with van der Waals surface area (Å²) >= 11 is 5.97. The summed E-state index contributed by atoms with van der Waals surface area (Å²) < 4.78 is 0. The molecule has 1 saturated heterocycles. The Labute approximate surface area is 147 Å². The van der Waals surface area contributed by atoms with Crippen molar-refractivity contribution in [2.75, 3.05) is 11.4 Å². The van der Waals surface area contributed by atoms with Crippen LogP contribution < -0.4 is 10.6 Å². The maximum atomic E-state index is 6.58. The van der Waals surface area contributed by atoms with Crippen LogP contribution in [-0.2, 0) is 6.42 Å². The lowest BCUT2D eigenvalue weighted by molar-refractivity contribution is 0.479. The monoisotopic (exact) mass is 336 g/mol. The summed E-state index contributed by atoms with van der Waals surface area (Å²) in [5, 5.41) is 3.32. The number of benzene rings is 3. The van der Waals surface area contributed by atoms with Crippen LogP contribution in [0, 0.1) is 5.92 Å². The maximum absolute atomic E-state index is 6.58. The van der Waals surface area contributed by atoms with Gasteiger partial charge >= 0.3 is 0 Å². The molecule has 3 aromatic carbocycles. The van der Waals surface area contributed by atoms with Gasteiger partial charge in [0.05, 0.1) is 6.17 Å². The fraction of sp³-hybridized carbons (Fsp3) is 0.238. The first-order valence-corrected chi connectivity index (χ1v) is 8.84. The molecule has 3 aromatic rings. The molecule has 1 aliphatic rings. The third kappa shape index (κ3) is 3.00. The lowest BCUT2D eigenvalue weighted by Gasteiger charge is -2.27. The van der Waals surface area contributed by atoms with Crippen LogP contribution >= 0.6 is 11.6 Å². The van der Waals surface area contributed by atoms with Gasteiger partial charge < -0.3 is 10.6 Å². The van der Waals surface area contributed by atoms with Gasteiger partial charge in [-0.05, 0) is 59.4 Å². The molecule has 0 saturated carbocycles. The van der Waals surface area contributed by atoms with Gasteiger partial charge in [-0.25, -0.2) is 0 Å². The van der Waals surface area contributed by atoms with E-state index in [0.29, 0.717) is 5.92 Å². The van der Waals surface area contributed by atoms with Crippen molar-refractivity contribution in [3.8, 4) is 0 Å². The average molecular weight is 337 g/mol. The van der Waals surface area contributed by atoms with Gasteiger partial charge in [0.1, 0.15) is 0 Å². The summed E-state index contributed by atoms with van der Waals surface area (Å²) in [5.41, 5.74) is 9.10. The van der Waals surface area contributed by atoms with Gasteiger partial charge in [0.25, 0.3) is 0 Å². The van der Waals surface area contributed by atoms with Crippen molar-refractivity contribution in [3.05, 3.63) is 77.3 Å². The van der Waals surface area contributed by atoms with E-state index in [4.69, 9.17) is 17.3 Å². The molecule has 1 fully saturated rings. The lowest BCUT2D eigenvalue weighted by Crippen LogP contribution is -2.41. The predicted molar refractivity (Wildman–Crippen MR) is 103 cm³/mol. The van der Waals surface area contributed by atoms with E-state index in [1.165, 1.54) is 22.0 Å². The van der Waals surface area contributed by atoms with Gasteiger partial charge in [-0.2, -0.15) is 0 Å². The van der Waals surface area contributed by atoms with Crippen molar-refractivity contribution < 1.29 is 0 Å². The zero-order valence-corrected chi connectivity index (χ0v) is 14.3. The zero-order valence-electron chi connectivity index (χ0n) is 13.5. The smallest absolute Gasteiger partial charge is 0.0803 e. The molecule has 1 heterocycles.